The van der Waals surface area contributed by atoms with E-state index in [9.17, 15) is 9.59 Å². The Kier molecular flexibility index (Phi) is 6.08. The average molecular weight is 381 g/mol. The van der Waals surface area contributed by atoms with Gasteiger partial charge in [0.25, 0.3) is 11.8 Å². The van der Waals surface area contributed by atoms with Gasteiger partial charge in [-0.25, -0.2) is 0 Å². The molecule has 0 aliphatic heterocycles. The molecule has 1 atom stereocenters. The van der Waals surface area contributed by atoms with Crippen molar-refractivity contribution in [2.75, 3.05) is 5.32 Å². The Morgan fingerprint density at radius 1 is 1.36 bits per heavy atom. The number of aryl methyl sites for hydroxylation is 2. The van der Waals surface area contributed by atoms with Gasteiger partial charge in [-0.15, -0.1) is 11.3 Å². The lowest BCUT2D eigenvalue weighted by Crippen LogP contribution is -2.31. The largest absolute Gasteiger partial charge is 0.481 e. The molecule has 7 heteroatoms. The minimum atomic E-state index is -0.743. The van der Waals surface area contributed by atoms with Crippen LogP contribution in [0.2, 0.25) is 5.02 Å². The first kappa shape index (κ1) is 19.3. The van der Waals surface area contributed by atoms with E-state index in [0.29, 0.717) is 27.8 Å². The van der Waals surface area contributed by atoms with E-state index >= 15 is 0 Å². The summed E-state index contributed by atoms with van der Waals surface area (Å²) in [4.78, 5) is 25.2. The molecule has 2 rings (SSSR count). The number of hydrogen-bond acceptors (Lipinski definition) is 4. The van der Waals surface area contributed by atoms with Crippen LogP contribution in [0.4, 0.5) is 5.00 Å². The van der Waals surface area contributed by atoms with Gasteiger partial charge in [0.05, 0.1) is 5.56 Å². The first-order chi connectivity index (χ1) is 11.7. The van der Waals surface area contributed by atoms with E-state index in [0.717, 1.165) is 16.0 Å². The van der Waals surface area contributed by atoms with Gasteiger partial charge in [-0.3, -0.25) is 9.59 Å². The van der Waals surface area contributed by atoms with Crippen LogP contribution in [0.3, 0.4) is 0 Å². The number of thiophene rings is 1. The maximum Gasteiger partial charge on any atom is 0.265 e. The smallest absolute Gasteiger partial charge is 0.265 e. The Hall–Kier alpha value is -2.05. The number of hydrogen-bond donors (Lipinski definition) is 2. The van der Waals surface area contributed by atoms with Gasteiger partial charge in [0, 0.05) is 9.90 Å². The van der Waals surface area contributed by atoms with Gasteiger partial charge in [-0.2, -0.15) is 0 Å². The molecule has 3 N–H and O–H groups in total. The Bertz CT molecular complexity index is 817. The summed E-state index contributed by atoms with van der Waals surface area (Å²) in [5.41, 5.74) is 7.58. The van der Waals surface area contributed by atoms with Crippen LogP contribution >= 0.6 is 22.9 Å². The van der Waals surface area contributed by atoms with Crippen molar-refractivity contribution in [1.29, 1.82) is 0 Å². The number of nitrogens with one attached hydrogen (secondary N) is 1. The molecule has 0 saturated carbocycles. The van der Waals surface area contributed by atoms with Crippen LogP contribution in [0.1, 0.15) is 40.2 Å². The molecule has 0 aliphatic rings. The standard InChI is InChI=1S/C18H21ClN2O3S/c1-5-13-11(4)25-18(15(13)16(20)22)21-17(23)10(3)24-14-7-6-12(19)8-9(14)2/h6-8,10H,5H2,1-4H3,(H2,20,22)(H,21,23). The van der Waals surface area contributed by atoms with Gasteiger partial charge in [0.1, 0.15) is 10.8 Å². The Morgan fingerprint density at radius 3 is 2.60 bits per heavy atom. The molecule has 1 heterocycles. The number of primary amides is 1. The zero-order chi connectivity index (χ0) is 18.7. The maximum atomic E-state index is 12.5. The summed E-state index contributed by atoms with van der Waals surface area (Å²) in [6.45, 7) is 7.35. The van der Waals surface area contributed by atoms with Crippen molar-refractivity contribution in [3.05, 3.63) is 44.8 Å². The predicted molar refractivity (Wildman–Crippen MR) is 102 cm³/mol. The van der Waals surface area contributed by atoms with Crippen LogP contribution in [0.25, 0.3) is 0 Å². The Morgan fingerprint density at radius 2 is 2.04 bits per heavy atom. The molecule has 5 nitrogen and oxygen atoms in total. The number of amides is 2. The number of ether oxygens (including phenoxy) is 1. The number of halogens is 1. The van der Waals surface area contributed by atoms with Crippen LogP contribution in [-0.2, 0) is 11.2 Å². The molecule has 2 aromatic rings. The zero-order valence-corrected chi connectivity index (χ0v) is 16.2. The molecule has 0 saturated heterocycles. The Labute approximate surface area is 156 Å². The number of carbonyl (C=O) groups is 2. The number of carbonyl (C=O) groups excluding carboxylic acids is 2. The van der Waals surface area contributed by atoms with Crippen molar-refractivity contribution in [3.8, 4) is 5.75 Å². The molecular weight excluding hydrogens is 360 g/mol. The fourth-order valence-electron chi connectivity index (χ4n) is 2.56. The van der Waals surface area contributed by atoms with Crippen molar-refractivity contribution >= 4 is 39.8 Å². The van der Waals surface area contributed by atoms with E-state index in [4.69, 9.17) is 22.1 Å². The van der Waals surface area contributed by atoms with Gasteiger partial charge in [0.15, 0.2) is 6.10 Å². The van der Waals surface area contributed by atoms with Gasteiger partial charge in [0.2, 0.25) is 0 Å². The summed E-state index contributed by atoms with van der Waals surface area (Å²) in [6.07, 6.45) is -0.0694. The van der Waals surface area contributed by atoms with Crippen molar-refractivity contribution in [2.45, 2.75) is 40.2 Å². The fourth-order valence-corrected chi connectivity index (χ4v) is 3.94. The SMILES string of the molecule is CCc1c(C)sc(NC(=O)C(C)Oc2ccc(Cl)cc2C)c1C(N)=O. The third kappa shape index (κ3) is 4.32. The monoisotopic (exact) mass is 380 g/mol. The molecule has 25 heavy (non-hydrogen) atoms. The quantitative estimate of drug-likeness (QED) is 0.791. The summed E-state index contributed by atoms with van der Waals surface area (Å²) in [7, 11) is 0. The highest BCUT2D eigenvalue weighted by Crippen LogP contribution is 2.33. The van der Waals surface area contributed by atoms with Crippen molar-refractivity contribution in [2.24, 2.45) is 5.73 Å². The average Bonchev–Trinajstić information content (AvgIpc) is 2.85. The normalized spacial score (nSPS) is 11.9. The molecule has 1 aromatic heterocycles. The van der Waals surface area contributed by atoms with Crippen LogP contribution in [0, 0.1) is 13.8 Å². The molecule has 0 bridgehead atoms. The molecule has 134 valence electrons. The Balaban J connectivity index is 2.18. The molecule has 0 spiro atoms. The van der Waals surface area contributed by atoms with E-state index in [1.165, 1.54) is 11.3 Å². The molecule has 1 unspecified atom stereocenters. The third-order valence-electron chi connectivity index (χ3n) is 3.86. The van der Waals surface area contributed by atoms with Gasteiger partial charge in [-0.1, -0.05) is 18.5 Å². The summed E-state index contributed by atoms with van der Waals surface area (Å²) in [6, 6.07) is 5.19. The summed E-state index contributed by atoms with van der Waals surface area (Å²) in [5.74, 6) is -0.307. The van der Waals surface area contributed by atoms with E-state index in [1.807, 2.05) is 20.8 Å². The van der Waals surface area contributed by atoms with E-state index in [2.05, 4.69) is 5.32 Å². The highest BCUT2D eigenvalue weighted by Gasteiger charge is 2.23. The molecule has 1 aromatic carbocycles. The highest BCUT2D eigenvalue weighted by molar-refractivity contribution is 7.16. The van der Waals surface area contributed by atoms with Gasteiger partial charge >= 0.3 is 0 Å². The van der Waals surface area contributed by atoms with Crippen molar-refractivity contribution in [3.63, 3.8) is 0 Å². The van der Waals surface area contributed by atoms with Crippen LogP contribution < -0.4 is 15.8 Å². The highest BCUT2D eigenvalue weighted by atomic mass is 35.5. The zero-order valence-electron chi connectivity index (χ0n) is 14.6. The van der Waals surface area contributed by atoms with Crippen molar-refractivity contribution < 1.29 is 14.3 Å². The third-order valence-corrected chi connectivity index (χ3v) is 5.15. The first-order valence-corrected chi connectivity index (χ1v) is 9.09. The second-order valence-electron chi connectivity index (χ2n) is 5.72. The van der Waals surface area contributed by atoms with E-state index < -0.39 is 12.0 Å². The topological polar surface area (TPSA) is 81.4 Å². The maximum absolute atomic E-state index is 12.5. The molecular formula is C18H21ClN2O3S. The summed E-state index contributed by atoms with van der Waals surface area (Å²) >= 11 is 7.27. The predicted octanol–water partition coefficient (Wildman–Crippen LogP) is 4.09. The van der Waals surface area contributed by atoms with Gasteiger partial charge < -0.3 is 15.8 Å². The van der Waals surface area contributed by atoms with Crippen LogP contribution in [0.5, 0.6) is 5.75 Å². The fraction of sp³-hybridized carbons (Fsp3) is 0.333. The molecule has 0 aliphatic carbocycles. The van der Waals surface area contributed by atoms with Crippen LogP contribution in [0.15, 0.2) is 18.2 Å². The lowest BCUT2D eigenvalue weighted by Gasteiger charge is -2.16. The van der Waals surface area contributed by atoms with Crippen molar-refractivity contribution in [1.82, 2.24) is 0 Å². The second-order valence-corrected chi connectivity index (χ2v) is 7.38. The lowest BCUT2D eigenvalue weighted by molar-refractivity contribution is -0.122. The summed E-state index contributed by atoms with van der Waals surface area (Å²) < 4.78 is 5.72. The summed E-state index contributed by atoms with van der Waals surface area (Å²) in [5, 5.41) is 3.84. The first-order valence-electron chi connectivity index (χ1n) is 7.90. The van der Waals surface area contributed by atoms with Gasteiger partial charge in [-0.05, 0) is 56.5 Å². The minimum Gasteiger partial charge on any atom is -0.481 e. The number of benzene rings is 1. The molecule has 0 radical (unpaired) electrons. The lowest BCUT2D eigenvalue weighted by atomic mass is 10.1. The molecule has 2 amide bonds. The van der Waals surface area contributed by atoms with Crippen LogP contribution in [-0.4, -0.2) is 17.9 Å². The van der Waals surface area contributed by atoms with E-state index in [1.54, 1.807) is 25.1 Å². The number of anilines is 1. The minimum absolute atomic E-state index is 0.347. The number of rotatable bonds is 6. The second kappa shape index (κ2) is 7.89. The number of nitrogens with two attached hydrogens (primary N) is 1. The van der Waals surface area contributed by atoms with E-state index in [-0.39, 0.29) is 5.91 Å². The molecule has 0 fully saturated rings.